The van der Waals surface area contributed by atoms with E-state index in [2.05, 4.69) is 21.5 Å². The highest BCUT2D eigenvalue weighted by Crippen LogP contribution is 2.48. The third-order valence-corrected chi connectivity index (χ3v) is 7.06. The molecule has 0 bridgehead atoms. The molecule has 0 unspecified atom stereocenters. The molecule has 4 heterocycles. The molecule has 8 nitrogen and oxygen atoms in total. The highest BCUT2D eigenvalue weighted by atomic mass is 35.5. The van der Waals surface area contributed by atoms with E-state index in [1.54, 1.807) is 11.0 Å². The molecule has 1 atom stereocenters. The number of amides is 1. The highest BCUT2D eigenvalue weighted by molar-refractivity contribution is 6.37. The zero-order chi connectivity index (χ0) is 25.1. The number of piperazine rings is 1. The molecule has 2 aliphatic rings. The Morgan fingerprint density at radius 3 is 2.83 bits per heavy atom. The Labute approximate surface area is 207 Å². The summed E-state index contributed by atoms with van der Waals surface area (Å²) < 4.78 is 37.5. The van der Waals surface area contributed by atoms with Crippen LogP contribution in [0.5, 0.6) is 5.75 Å². The van der Waals surface area contributed by atoms with Crippen molar-refractivity contribution in [2.24, 2.45) is 0 Å². The van der Waals surface area contributed by atoms with E-state index in [4.69, 9.17) is 16.3 Å². The van der Waals surface area contributed by atoms with E-state index < -0.39 is 17.2 Å². The number of aromatic amines is 1. The first-order chi connectivity index (χ1) is 17.4. The van der Waals surface area contributed by atoms with Crippen LogP contribution in [-0.2, 0) is 4.79 Å². The Balaban J connectivity index is 1.61. The second kappa shape index (κ2) is 8.27. The van der Waals surface area contributed by atoms with E-state index in [-0.39, 0.29) is 56.7 Å². The normalized spacial score (nSPS) is 17.0. The van der Waals surface area contributed by atoms with Crippen molar-refractivity contribution in [3.8, 4) is 16.9 Å². The van der Waals surface area contributed by atoms with E-state index in [1.165, 1.54) is 24.7 Å². The second-order valence-electron chi connectivity index (χ2n) is 8.59. The van der Waals surface area contributed by atoms with Crippen molar-refractivity contribution in [1.82, 2.24) is 19.9 Å². The monoisotopic (exact) mass is 509 g/mol. The minimum absolute atomic E-state index is 0.0382. The minimum atomic E-state index is -0.889. The molecule has 0 radical (unpaired) electrons. The number of nitrogens with zero attached hydrogens (tertiary/aromatic N) is 4. The lowest BCUT2D eigenvalue weighted by Crippen LogP contribution is -2.56. The van der Waals surface area contributed by atoms with Crippen molar-refractivity contribution >= 4 is 45.0 Å². The smallest absolute Gasteiger partial charge is 0.256 e. The van der Waals surface area contributed by atoms with Gasteiger partial charge < -0.3 is 19.5 Å². The fourth-order valence-corrected chi connectivity index (χ4v) is 5.38. The van der Waals surface area contributed by atoms with Gasteiger partial charge in [-0.2, -0.15) is 0 Å². The molecular weight excluding hydrogens is 492 g/mol. The maximum Gasteiger partial charge on any atom is 0.256 e. The van der Waals surface area contributed by atoms with Gasteiger partial charge in [0.1, 0.15) is 30.1 Å². The number of halogens is 3. The summed E-state index contributed by atoms with van der Waals surface area (Å²) in [4.78, 5) is 39.5. The van der Waals surface area contributed by atoms with Gasteiger partial charge in [0, 0.05) is 37.0 Å². The lowest BCUT2D eigenvalue weighted by Gasteiger charge is -2.40. The zero-order valence-corrected chi connectivity index (χ0v) is 19.5. The summed E-state index contributed by atoms with van der Waals surface area (Å²) in [5.41, 5.74) is -1.28. The Morgan fingerprint density at radius 2 is 2.03 bits per heavy atom. The lowest BCUT2D eigenvalue weighted by molar-refractivity contribution is -0.126. The predicted octanol–water partition coefficient (Wildman–Crippen LogP) is 3.67. The van der Waals surface area contributed by atoms with E-state index in [1.807, 2.05) is 4.90 Å². The molecule has 2 aromatic heterocycles. The fourth-order valence-electron chi connectivity index (χ4n) is 5.05. The van der Waals surface area contributed by atoms with Crippen LogP contribution in [0.15, 0.2) is 48.2 Å². The van der Waals surface area contributed by atoms with Gasteiger partial charge in [-0.25, -0.2) is 18.7 Å². The fraction of sp³-hybridized carbons (Fsp3) is 0.200. The summed E-state index contributed by atoms with van der Waals surface area (Å²) in [6.07, 6.45) is 3.90. The van der Waals surface area contributed by atoms with Crippen LogP contribution in [-0.4, -0.2) is 58.0 Å². The Hall–Kier alpha value is -4.05. The van der Waals surface area contributed by atoms with Gasteiger partial charge in [0.2, 0.25) is 5.91 Å². The number of H-pyrrole nitrogens is 1. The number of hydrogen-bond acceptors (Lipinski definition) is 6. The molecule has 1 amide bonds. The molecule has 36 heavy (non-hydrogen) atoms. The average Bonchev–Trinajstić information content (AvgIpc) is 3.05. The summed E-state index contributed by atoms with van der Waals surface area (Å²) in [6.45, 7) is 4.83. The number of carbonyl (C=O) groups is 1. The highest BCUT2D eigenvalue weighted by Gasteiger charge is 2.37. The third kappa shape index (κ3) is 3.17. The van der Waals surface area contributed by atoms with Gasteiger partial charge in [-0.05, 0) is 23.6 Å². The van der Waals surface area contributed by atoms with Gasteiger partial charge in [-0.3, -0.25) is 9.59 Å². The van der Waals surface area contributed by atoms with Crippen molar-refractivity contribution in [3.05, 3.63) is 70.4 Å². The summed E-state index contributed by atoms with van der Waals surface area (Å²) in [7, 11) is 0. The standard InChI is InChI=1S/C25H18ClF2N5O3/c1-2-15(34)32-7-8-33-13(9-32)10-36-23-19-22(30-11-31-24(19)33)21(28)18(20(23)26)17-14(27)4-3-12-5-6-29-25(35)16(12)17/h2-6,11,13H,1,7-10H2,(H,29,35)/t13-/m0/s1. The quantitative estimate of drug-likeness (QED) is 0.415. The third-order valence-electron chi connectivity index (χ3n) is 6.70. The molecule has 1 saturated heterocycles. The number of hydrogen-bond donors (Lipinski definition) is 1. The summed E-state index contributed by atoms with van der Waals surface area (Å²) in [6, 6.07) is 3.89. The molecule has 0 aliphatic carbocycles. The van der Waals surface area contributed by atoms with Crippen molar-refractivity contribution in [2.45, 2.75) is 6.04 Å². The van der Waals surface area contributed by atoms with Gasteiger partial charge >= 0.3 is 0 Å². The topological polar surface area (TPSA) is 91.4 Å². The number of anilines is 1. The van der Waals surface area contributed by atoms with Crippen LogP contribution in [0, 0.1) is 11.6 Å². The molecule has 6 rings (SSSR count). The van der Waals surface area contributed by atoms with Crippen molar-refractivity contribution < 1.29 is 18.3 Å². The molecule has 182 valence electrons. The Kier molecular flexibility index (Phi) is 5.15. The first-order valence-corrected chi connectivity index (χ1v) is 11.5. The molecule has 11 heteroatoms. The molecule has 2 aromatic carbocycles. The maximum atomic E-state index is 16.2. The van der Waals surface area contributed by atoms with E-state index >= 15 is 8.78 Å². The summed E-state index contributed by atoms with van der Waals surface area (Å²) in [5.74, 6) is -1.40. The van der Waals surface area contributed by atoms with Crippen molar-refractivity contribution in [3.63, 3.8) is 0 Å². The van der Waals surface area contributed by atoms with Crippen LogP contribution in [0.2, 0.25) is 5.02 Å². The summed E-state index contributed by atoms with van der Waals surface area (Å²) in [5, 5.41) is 0.447. The number of rotatable bonds is 2. The number of fused-ring (bicyclic) bond motifs is 3. The van der Waals surface area contributed by atoms with Crippen LogP contribution in [0.3, 0.4) is 0 Å². The number of nitrogens with one attached hydrogen (secondary N) is 1. The zero-order valence-electron chi connectivity index (χ0n) is 18.7. The largest absolute Gasteiger partial charge is 0.489 e. The van der Waals surface area contributed by atoms with Gasteiger partial charge in [-0.1, -0.05) is 24.2 Å². The van der Waals surface area contributed by atoms with Crippen molar-refractivity contribution in [2.75, 3.05) is 31.1 Å². The van der Waals surface area contributed by atoms with Crippen LogP contribution in [0.1, 0.15) is 0 Å². The van der Waals surface area contributed by atoms with Gasteiger partial charge in [0.15, 0.2) is 11.6 Å². The molecule has 4 aromatic rings. The number of carbonyl (C=O) groups excluding carboxylic acids is 1. The predicted molar refractivity (Wildman–Crippen MR) is 131 cm³/mol. The number of ether oxygens (including phenoxy) is 1. The summed E-state index contributed by atoms with van der Waals surface area (Å²) >= 11 is 6.73. The molecule has 1 fully saturated rings. The van der Waals surface area contributed by atoms with Crippen molar-refractivity contribution in [1.29, 1.82) is 0 Å². The first kappa shape index (κ1) is 22.4. The van der Waals surface area contributed by atoms with Crippen LogP contribution in [0.4, 0.5) is 14.6 Å². The lowest BCUT2D eigenvalue weighted by atomic mass is 9.96. The molecule has 1 N–H and O–H groups in total. The van der Waals surface area contributed by atoms with E-state index in [9.17, 15) is 9.59 Å². The Bertz CT molecular complexity index is 1660. The number of benzene rings is 2. The number of pyridine rings is 1. The van der Waals surface area contributed by atoms with E-state index in [0.29, 0.717) is 30.8 Å². The SMILES string of the molecule is C=CC(=O)N1CCN2c3ncnc4c(F)c(-c5c(F)ccc6cc[nH]c(=O)c56)c(Cl)c(c34)OC[C@@H]2C1. The molecule has 0 spiro atoms. The molecule has 0 saturated carbocycles. The number of aromatic nitrogens is 3. The van der Waals surface area contributed by atoms with Gasteiger partial charge in [0.25, 0.3) is 5.56 Å². The average molecular weight is 510 g/mol. The van der Waals surface area contributed by atoms with Gasteiger partial charge in [-0.15, -0.1) is 0 Å². The molecular formula is C25H18ClF2N5O3. The maximum absolute atomic E-state index is 16.2. The van der Waals surface area contributed by atoms with Crippen LogP contribution < -0.4 is 15.2 Å². The van der Waals surface area contributed by atoms with E-state index in [0.717, 1.165) is 6.07 Å². The molecule has 2 aliphatic heterocycles. The second-order valence-corrected chi connectivity index (χ2v) is 8.97. The van der Waals surface area contributed by atoms with Crippen LogP contribution in [0.25, 0.3) is 32.8 Å². The Morgan fingerprint density at radius 1 is 1.19 bits per heavy atom. The van der Waals surface area contributed by atoms with Gasteiger partial charge in [0.05, 0.1) is 21.8 Å². The minimum Gasteiger partial charge on any atom is -0.489 e. The first-order valence-electron chi connectivity index (χ1n) is 11.2. The van der Waals surface area contributed by atoms with Crippen LogP contribution >= 0.6 is 11.6 Å².